The van der Waals surface area contributed by atoms with E-state index in [1.165, 1.54) is 5.56 Å². The molecule has 0 amide bonds. The number of aromatic carboxylic acids is 1. The molecule has 3 nitrogen and oxygen atoms in total. The average molecular weight is 394 g/mol. The van der Waals surface area contributed by atoms with Gasteiger partial charge in [0.1, 0.15) is 0 Å². The number of allylic oxidation sites excluding steroid dienone is 5. The van der Waals surface area contributed by atoms with E-state index >= 15 is 0 Å². The number of fused-ring (bicyclic) bond motifs is 1. The van der Waals surface area contributed by atoms with Crippen molar-refractivity contribution in [1.82, 2.24) is 0 Å². The molecule has 3 aromatic carbocycles. The van der Waals surface area contributed by atoms with Crippen LogP contribution in [-0.2, 0) is 4.79 Å². The lowest BCUT2D eigenvalue weighted by molar-refractivity contribution is -0.111. The van der Waals surface area contributed by atoms with Gasteiger partial charge in [-0.25, -0.2) is 4.79 Å². The first kappa shape index (κ1) is 19.6. The molecule has 1 aliphatic rings. The van der Waals surface area contributed by atoms with Crippen molar-refractivity contribution in [2.24, 2.45) is 0 Å². The summed E-state index contributed by atoms with van der Waals surface area (Å²) in [6, 6.07) is 19.5. The van der Waals surface area contributed by atoms with E-state index in [9.17, 15) is 14.7 Å². The monoisotopic (exact) mass is 394 g/mol. The number of carbonyl (C=O) groups is 2. The fourth-order valence-electron chi connectivity index (χ4n) is 3.90. The van der Waals surface area contributed by atoms with Crippen molar-refractivity contribution >= 4 is 28.1 Å². The minimum atomic E-state index is -0.976. The SMILES string of the molecule is CCC1=C/C(=C(\c2ccc3cc(C)ccc3c2)c2ccccc2C(=O)O)C=CC1=O. The van der Waals surface area contributed by atoms with Crippen LogP contribution in [0.4, 0.5) is 0 Å². The maximum absolute atomic E-state index is 12.2. The molecule has 3 aromatic rings. The second-order valence-corrected chi connectivity index (χ2v) is 7.47. The number of carboxylic acids is 1. The van der Waals surface area contributed by atoms with Crippen molar-refractivity contribution in [2.45, 2.75) is 20.3 Å². The Morgan fingerprint density at radius 3 is 2.33 bits per heavy atom. The average Bonchev–Trinajstić information content (AvgIpc) is 2.75. The van der Waals surface area contributed by atoms with Gasteiger partial charge >= 0.3 is 5.97 Å². The molecule has 0 heterocycles. The lowest BCUT2D eigenvalue weighted by Crippen LogP contribution is -2.07. The summed E-state index contributed by atoms with van der Waals surface area (Å²) < 4.78 is 0. The van der Waals surface area contributed by atoms with Gasteiger partial charge in [0, 0.05) is 0 Å². The standard InChI is InChI=1S/C27H22O3/c1-3-18-15-22(12-13-25(18)28)26(23-6-4-5-7-24(23)27(29)30)21-11-10-19-14-17(2)8-9-20(19)16-21/h4-16H,3H2,1-2H3,(H,29,30)/b26-22+. The Morgan fingerprint density at radius 1 is 0.900 bits per heavy atom. The predicted molar refractivity (Wildman–Crippen MR) is 121 cm³/mol. The van der Waals surface area contributed by atoms with Crippen molar-refractivity contribution in [3.63, 3.8) is 0 Å². The zero-order valence-electron chi connectivity index (χ0n) is 17.0. The van der Waals surface area contributed by atoms with E-state index in [4.69, 9.17) is 0 Å². The molecule has 0 bridgehead atoms. The van der Waals surface area contributed by atoms with Crippen LogP contribution in [0.2, 0.25) is 0 Å². The van der Waals surface area contributed by atoms with Crippen LogP contribution in [0.25, 0.3) is 16.3 Å². The fourth-order valence-corrected chi connectivity index (χ4v) is 3.90. The molecule has 30 heavy (non-hydrogen) atoms. The predicted octanol–water partition coefficient (Wildman–Crippen LogP) is 6.12. The molecule has 3 heteroatoms. The van der Waals surface area contributed by atoms with Gasteiger partial charge in [0.05, 0.1) is 5.56 Å². The van der Waals surface area contributed by atoms with Gasteiger partial charge in [-0.05, 0) is 76.2 Å². The summed E-state index contributed by atoms with van der Waals surface area (Å²) >= 11 is 0. The first-order valence-corrected chi connectivity index (χ1v) is 9.98. The van der Waals surface area contributed by atoms with Crippen LogP contribution in [-0.4, -0.2) is 16.9 Å². The Labute approximate surface area is 175 Å². The zero-order chi connectivity index (χ0) is 21.3. The van der Waals surface area contributed by atoms with Gasteiger partial charge in [-0.2, -0.15) is 0 Å². The van der Waals surface area contributed by atoms with Gasteiger partial charge < -0.3 is 5.11 Å². The van der Waals surface area contributed by atoms with Gasteiger partial charge in [-0.3, -0.25) is 4.79 Å². The smallest absolute Gasteiger partial charge is 0.336 e. The number of aryl methyl sites for hydroxylation is 1. The summed E-state index contributed by atoms with van der Waals surface area (Å²) in [5.74, 6) is -0.975. The molecule has 1 aliphatic carbocycles. The van der Waals surface area contributed by atoms with Crippen molar-refractivity contribution in [3.8, 4) is 0 Å². The molecule has 0 fully saturated rings. The van der Waals surface area contributed by atoms with E-state index in [0.717, 1.165) is 27.5 Å². The fraction of sp³-hybridized carbons (Fsp3) is 0.111. The van der Waals surface area contributed by atoms with Gasteiger partial charge in [0.2, 0.25) is 0 Å². The Morgan fingerprint density at radius 2 is 1.60 bits per heavy atom. The number of benzene rings is 3. The van der Waals surface area contributed by atoms with Crippen molar-refractivity contribution in [2.75, 3.05) is 0 Å². The number of hydrogen-bond donors (Lipinski definition) is 1. The second kappa shape index (κ2) is 7.96. The van der Waals surface area contributed by atoms with E-state index in [0.29, 0.717) is 17.6 Å². The van der Waals surface area contributed by atoms with E-state index in [2.05, 4.69) is 37.3 Å². The van der Waals surface area contributed by atoms with E-state index in [-0.39, 0.29) is 11.3 Å². The highest BCUT2D eigenvalue weighted by atomic mass is 16.4. The van der Waals surface area contributed by atoms with Crippen LogP contribution < -0.4 is 0 Å². The summed E-state index contributed by atoms with van der Waals surface area (Å²) in [6.45, 7) is 4.01. The molecule has 0 saturated heterocycles. The minimum absolute atomic E-state index is 0.00102. The molecule has 4 rings (SSSR count). The molecule has 0 aromatic heterocycles. The van der Waals surface area contributed by atoms with Crippen LogP contribution in [0, 0.1) is 6.92 Å². The third-order valence-corrected chi connectivity index (χ3v) is 5.44. The summed E-state index contributed by atoms with van der Waals surface area (Å²) in [6.07, 6.45) is 5.86. The highest BCUT2D eigenvalue weighted by molar-refractivity contribution is 6.08. The molecule has 148 valence electrons. The topological polar surface area (TPSA) is 54.4 Å². The zero-order valence-corrected chi connectivity index (χ0v) is 17.0. The van der Waals surface area contributed by atoms with Gasteiger partial charge in [0.15, 0.2) is 5.78 Å². The number of carbonyl (C=O) groups excluding carboxylic acids is 1. The molecule has 0 aliphatic heterocycles. The molecular weight excluding hydrogens is 372 g/mol. The summed E-state index contributed by atoms with van der Waals surface area (Å²) in [5.41, 5.74) is 5.35. The molecule has 0 spiro atoms. The van der Waals surface area contributed by atoms with Gasteiger partial charge in [-0.15, -0.1) is 0 Å². The normalized spacial score (nSPS) is 15.3. The van der Waals surface area contributed by atoms with Crippen molar-refractivity contribution in [1.29, 1.82) is 0 Å². The largest absolute Gasteiger partial charge is 0.478 e. The summed E-state index contributed by atoms with van der Waals surface area (Å²) in [5, 5.41) is 12.0. The third-order valence-electron chi connectivity index (χ3n) is 5.44. The van der Waals surface area contributed by atoms with Crippen LogP contribution in [0.15, 0.2) is 90.0 Å². The highest BCUT2D eigenvalue weighted by Crippen LogP contribution is 2.34. The summed E-state index contributed by atoms with van der Waals surface area (Å²) in [7, 11) is 0. The number of hydrogen-bond acceptors (Lipinski definition) is 2. The van der Waals surface area contributed by atoms with Gasteiger partial charge in [-0.1, -0.05) is 67.1 Å². The van der Waals surface area contributed by atoms with Crippen molar-refractivity contribution in [3.05, 3.63) is 112 Å². The van der Waals surface area contributed by atoms with E-state index < -0.39 is 5.97 Å². The molecule has 0 radical (unpaired) electrons. The van der Waals surface area contributed by atoms with Crippen molar-refractivity contribution < 1.29 is 14.7 Å². The van der Waals surface area contributed by atoms with E-state index in [1.54, 1.807) is 24.3 Å². The number of ketones is 1. The molecule has 0 atom stereocenters. The lowest BCUT2D eigenvalue weighted by Gasteiger charge is -2.17. The molecular formula is C27H22O3. The highest BCUT2D eigenvalue weighted by Gasteiger charge is 2.20. The van der Waals surface area contributed by atoms with Crippen LogP contribution in [0.1, 0.15) is 40.4 Å². The Balaban J connectivity index is 2.03. The first-order valence-electron chi connectivity index (χ1n) is 9.98. The van der Waals surface area contributed by atoms with Crippen LogP contribution in [0.3, 0.4) is 0 Å². The quantitative estimate of drug-likeness (QED) is 0.580. The molecule has 0 saturated carbocycles. The first-order chi connectivity index (χ1) is 14.5. The Bertz CT molecular complexity index is 1270. The second-order valence-electron chi connectivity index (χ2n) is 7.47. The Hall–Kier alpha value is -3.72. The molecule has 1 N–H and O–H groups in total. The number of rotatable bonds is 4. The van der Waals surface area contributed by atoms with Crippen LogP contribution >= 0.6 is 0 Å². The third kappa shape index (κ3) is 3.62. The maximum atomic E-state index is 12.2. The maximum Gasteiger partial charge on any atom is 0.336 e. The minimum Gasteiger partial charge on any atom is -0.478 e. The summed E-state index contributed by atoms with van der Waals surface area (Å²) in [4.78, 5) is 24.1. The Kier molecular flexibility index (Phi) is 5.20. The lowest BCUT2D eigenvalue weighted by atomic mass is 9.86. The molecule has 0 unspecified atom stereocenters. The van der Waals surface area contributed by atoms with E-state index in [1.807, 2.05) is 31.2 Å². The number of carboxylic acid groups (broad SMARTS) is 1. The van der Waals surface area contributed by atoms with Crippen LogP contribution in [0.5, 0.6) is 0 Å². The van der Waals surface area contributed by atoms with Gasteiger partial charge in [0.25, 0.3) is 0 Å².